The summed E-state index contributed by atoms with van der Waals surface area (Å²) in [6, 6.07) is 11.6. The van der Waals surface area contributed by atoms with Crippen LogP contribution >= 0.6 is 11.6 Å². The molecule has 0 spiro atoms. The molecule has 0 radical (unpaired) electrons. The van der Waals surface area contributed by atoms with Crippen LogP contribution in [0, 0.1) is 0 Å². The predicted molar refractivity (Wildman–Crippen MR) is 120 cm³/mol. The predicted octanol–water partition coefficient (Wildman–Crippen LogP) is 3.46. The van der Waals surface area contributed by atoms with Crippen molar-refractivity contribution in [1.82, 2.24) is 15.5 Å². The van der Waals surface area contributed by atoms with Gasteiger partial charge < -0.3 is 20.1 Å². The summed E-state index contributed by atoms with van der Waals surface area (Å²) in [6.07, 6.45) is 1.63. The minimum Gasteiger partial charge on any atom is -0.493 e. The second-order valence-corrected chi connectivity index (χ2v) is 8.11. The van der Waals surface area contributed by atoms with Gasteiger partial charge in [-0.2, -0.15) is 8.78 Å². The van der Waals surface area contributed by atoms with Crippen LogP contribution in [0.4, 0.5) is 8.78 Å². The molecule has 2 aromatic rings. The normalized spacial score (nSPS) is 14.7. The lowest BCUT2D eigenvalue weighted by atomic mass is 10.0. The number of hydrogen-bond acceptors (Lipinski definition) is 5. The molecule has 0 unspecified atom stereocenters. The molecule has 1 aliphatic heterocycles. The third kappa shape index (κ3) is 7.57. The van der Waals surface area contributed by atoms with Crippen molar-refractivity contribution >= 4 is 23.4 Å². The van der Waals surface area contributed by atoms with E-state index in [1.54, 1.807) is 0 Å². The maximum absolute atomic E-state index is 12.4. The van der Waals surface area contributed by atoms with Gasteiger partial charge >= 0.3 is 6.61 Å². The van der Waals surface area contributed by atoms with Crippen LogP contribution in [0.25, 0.3) is 0 Å². The van der Waals surface area contributed by atoms with Crippen LogP contribution in [0.5, 0.6) is 11.5 Å². The van der Waals surface area contributed by atoms with Gasteiger partial charge in [0.25, 0.3) is 5.91 Å². The summed E-state index contributed by atoms with van der Waals surface area (Å²) in [5, 5.41) is 6.19. The SMILES string of the molecule is COc1cc(C(=O)NCC(=O)NC2CCN(Cc3ccc(Cl)cc3)CC2)ccc1OC(F)F. The van der Waals surface area contributed by atoms with Crippen molar-refractivity contribution in [2.75, 3.05) is 26.7 Å². The van der Waals surface area contributed by atoms with Crippen LogP contribution < -0.4 is 20.1 Å². The van der Waals surface area contributed by atoms with Crippen molar-refractivity contribution in [3.05, 3.63) is 58.6 Å². The number of carbonyl (C=O) groups excluding carboxylic acids is 2. The van der Waals surface area contributed by atoms with Crippen LogP contribution in [-0.4, -0.2) is 56.1 Å². The second kappa shape index (κ2) is 11.8. The summed E-state index contributed by atoms with van der Waals surface area (Å²) in [6.45, 7) is -0.661. The number of benzene rings is 2. The van der Waals surface area contributed by atoms with Gasteiger partial charge in [0.05, 0.1) is 13.7 Å². The molecule has 7 nitrogen and oxygen atoms in total. The number of rotatable bonds is 9. The minimum atomic E-state index is -3.01. The molecule has 0 aromatic heterocycles. The fraction of sp³-hybridized carbons (Fsp3) is 0.391. The first kappa shape index (κ1) is 24.7. The molecule has 178 valence electrons. The van der Waals surface area contributed by atoms with Crippen molar-refractivity contribution in [3.8, 4) is 11.5 Å². The molecule has 1 saturated heterocycles. The van der Waals surface area contributed by atoms with E-state index in [0.717, 1.165) is 32.5 Å². The number of nitrogens with zero attached hydrogens (tertiary/aromatic N) is 1. The van der Waals surface area contributed by atoms with Gasteiger partial charge in [-0.15, -0.1) is 0 Å². The maximum atomic E-state index is 12.4. The quantitative estimate of drug-likeness (QED) is 0.573. The number of methoxy groups -OCH3 is 1. The second-order valence-electron chi connectivity index (χ2n) is 7.67. The van der Waals surface area contributed by atoms with Crippen molar-refractivity contribution < 1.29 is 27.8 Å². The number of alkyl halides is 2. The topological polar surface area (TPSA) is 79.9 Å². The van der Waals surface area contributed by atoms with E-state index in [2.05, 4.69) is 20.3 Å². The molecular formula is C23H26ClF2N3O4. The number of carbonyl (C=O) groups is 2. The van der Waals surface area contributed by atoms with E-state index in [1.165, 1.54) is 30.9 Å². The van der Waals surface area contributed by atoms with Crippen LogP contribution in [0.1, 0.15) is 28.8 Å². The van der Waals surface area contributed by atoms with E-state index in [0.29, 0.717) is 5.02 Å². The number of hydrogen-bond donors (Lipinski definition) is 2. The molecule has 2 aromatic carbocycles. The highest BCUT2D eigenvalue weighted by atomic mass is 35.5. The summed E-state index contributed by atoms with van der Waals surface area (Å²) in [5.41, 5.74) is 1.35. The summed E-state index contributed by atoms with van der Waals surface area (Å²) in [4.78, 5) is 26.9. The van der Waals surface area contributed by atoms with Crippen LogP contribution in [0.2, 0.25) is 5.02 Å². The lowest BCUT2D eigenvalue weighted by Crippen LogP contribution is -2.47. The molecule has 3 rings (SSSR count). The highest BCUT2D eigenvalue weighted by molar-refractivity contribution is 6.30. The van der Waals surface area contributed by atoms with E-state index in [-0.39, 0.29) is 35.6 Å². The largest absolute Gasteiger partial charge is 0.493 e. The average molecular weight is 482 g/mol. The third-order valence-corrected chi connectivity index (χ3v) is 5.58. The Kier molecular flexibility index (Phi) is 8.85. The van der Waals surface area contributed by atoms with E-state index < -0.39 is 12.5 Å². The van der Waals surface area contributed by atoms with E-state index in [1.807, 2.05) is 24.3 Å². The number of nitrogens with one attached hydrogen (secondary N) is 2. The monoisotopic (exact) mass is 481 g/mol. The Morgan fingerprint density at radius 3 is 2.45 bits per heavy atom. The highest BCUT2D eigenvalue weighted by Gasteiger charge is 2.21. The number of ether oxygens (including phenoxy) is 2. The molecule has 2 N–H and O–H groups in total. The average Bonchev–Trinajstić information content (AvgIpc) is 2.80. The Labute approximate surface area is 196 Å². The smallest absolute Gasteiger partial charge is 0.387 e. The van der Waals surface area contributed by atoms with Crippen LogP contribution in [0.15, 0.2) is 42.5 Å². The molecule has 1 aliphatic rings. The molecule has 0 atom stereocenters. The maximum Gasteiger partial charge on any atom is 0.387 e. The molecule has 33 heavy (non-hydrogen) atoms. The number of amides is 2. The molecule has 1 heterocycles. The molecule has 0 aliphatic carbocycles. The third-order valence-electron chi connectivity index (χ3n) is 5.32. The Morgan fingerprint density at radius 2 is 1.82 bits per heavy atom. The van der Waals surface area contributed by atoms with Gasteiger partial charge in [-0.1, -0.05) is 23.7 Å². The van der Waals surface area contributed by atoms with Gasteiger partial charge in [0.1, 0.15) is 0 Å². The van der Waals surface area contributed by atoms with E-state index in [9.17, 15) is 18.4 Å². The Bertz CT molecular complexity index is 951. The molecule has 10 heteroatoms. The standard InChI is InChI=1S/C23H26ClF2N3O4/c1-32-20-12-16(4-7-19(20)33-23(25)26)22(31)27-13-21(30)28-18-8-10-29(11-9-18)14-15-2-5-17(24)6-3-15/h2-7,12,18,23H,8-11,13-14H2,1H3,(H,27,31)(H,28,30). The molecule has 0 bridgehead atoms. The highest BCUT2D eigenvalue weighted by Crippen LogP contribution is 2.29. The lowest BCUT2D eigenvalue weighted by Gasteiger charge is -2.32. The van der Waals surface area contributed by atoms with Gasteiger partial charge in [0, 0.05) is 36.3 Å². The zero-order valence-electron chi connectivity index (χ0n) is 18.2. The molecule has 0 saturated carbocycles. The lowest BCUT2D eigenvalue weighted by molar-refractivity contribution is -0.121. The van der Waals surface area contributed by atoms with Crippen LogP contribution in [-0.2, 0) is 11.3 Å². The zero-order valence-corrected chi connectivity index (χ0v) is 18.9. The van der Waals surface area contributed by atoms with E-state index >= 15 is 0 Å². The summed E-state index contributed by atoms with van der Waals surface area (Å²) < 4.78 is 34.2. The minimum absolute atomic E-state index is 0.00207. The fourth-order valence-electron chi connectivity index (χ4n) is 3.63. The molecular weight excluding hydrogens is 456 g/mol. The summed E-state index contributed by atoms with van der Waals surface area (Å²) in [5.74, 6) is -0.990. The van der Waals surface area contributed by atoms with Gasteiger partial charge in [-0.3, -0.25) is 14.5 Å². The fourth-order valence-corrected chi connectivity index (χ4v) is 3.75. The van der Waals surface area contributed by atoms with Crippen molar-refractivity contribution in [1.29, 1.82) is 0 Å². The molecule has 2 amide bonds. The summed E-state index contributed by atoms with van der Waals surface area (Å²) >= 11 is 5.92. The van der Waals surface area contributed by atoms with Crippen molar-refractivity contribution in [2.45, 2.75) is 32.0 Å². The number of piperidine rings is 1. The van der Waals surface area contributed by atoms with Crippen molar-refractivity contribution in [2.24, 2.45) is 0 Å². The Morgan fingerprint density at radius 1 is 1.12 bits per heavy atom. The van der Waals surface area contributed by atoms with Crippen molar-refractivity contribution in [3.63, 3.8) is 0 Å². The van der Waals surface area contributed by atoms with Gasteiger partial charge in [0.2, 0.25) is 5.91 Å². The number of likely N-dealkylation sites (tertiary alicyclic amines) is 1. The first-order valence-corrected chi connectivity index (χ1v) is 10.9. The van der Waals surface area contributed by atoms with Gasteiger partial charge in [0.15, 0.2) is 11.5 Å². The molecule has 1 fully saturated rings. The van der Waals surface area contributed by atoms with Gasteiger partial charge in [-0.05, 0) is 48.7 Å². The van der Waals surface area contributed by atoms with Crippen LogP contribution in [0.3, 0.4) is 0 Å². The van der Waals surface area contributed by atoms with Gasteiger partial charge in [-0.25, -0.2) is 0 Å². The number of halogens is 3. The first-order chi connectivity index (χ1) is 15.8. The Balaban J connectivity index is 1.41. The zero-order chi connectivity index (χ0) is 23.8. The summed E-state index contributed by atoms with van der Waals surface area (Å²) in [7, 11) is 1.28. The first-order valence-electron chi connectivity index (χ1n) is 10.5. The van der Waals surface area contributed by atoms with E-state index in [4.69, 9.17) is 16.3 Å². The Hall–Kier alpha value is -2.91.